The van der Waals surface area contributed by atoms with E-state index < -0.39 is 11.9 Å². The SMILES string of the molecule is O=C1CCC(N2Cc3cc(OC4CCN(Cc5ccc6nc(N7C[C@H]8C[C@@H](C7)O8)ncc6c5)C4)ccc3C2=O)C(=O)N1. The molecule has 7 heterocycles. The first-order valence-corrected chi connectivity index (χ1v) is 14.8. The molecule has 9 rings (SSSR count). The van der Waals surface area contributed by atoms with Gasteiger partial charge in [0.25, 0.3) is 5.91 Å². The van der Waals surface area contributed by atoms with Crippen molar-refractivity contribution < 1.29 is 23.9 Å². The fourth-order valence-electron chi connectivity index (χ4n) is 6.95. The lowest BCUT2D eigenvalue weighted by molar-refractivity contribution is -0.137. The number of anilines is 1. The van der Waals surface area contributed by atoms with Crippen molar-refractivity contribution in [3.8, 4) is 5.75 Å². The lowest BCUT2D eigenvalue weighted by Gasteiger charge is -2.46. The monoisotopic (exact) mass is 568 g/mol. The molecule has 3 aromatic rings. The van der Waals surface area contributed by atoms with Gasteiger partial charge in [-0.05, 0) is 54.3 Å². The molecule has 6 aliphatic heterocycles. The zero-order chi connectivity index (χ0) is 28.4. The minimum absolute atomic E-state index is 0.0532. The van der Waals surface area contributed by atoms with Crippen molar-refractivity contribution in [1.29, 1.82) is 0 Å². The number of carbonyl (C=O) groups excluding carboxylic acids is 3. The predicted octanol–water partition coefficient (Wildman–Crippen LogP) is 2.02. The Labute approximate surface area is 242 Å². The first-order valence-electron chi connectivity index (χ1n) is 14.8. The summed E-state index contributed by atoms with van der Waals surface area (Å²) in [4.78, 5) is 52.5. The van der Waals surface area contributed by atoms with Crippen molar-refractivity contribution in [2.45, 2.75) is 63.1 Å². The number of ether oxygens (including phenoxy) is 2. The molecular weight excluding hydrogens is 536 g/mol. The fraction of sp³-hybridized carbons (Fsp3) is 0.452. The van der Waals surface area contributed by atoms with Crippen LogP contribution in [0.4, 0.5) is 5.95 Å². The van der Waals surface area contributed by atoms with Crippen molar-refractivity contribution in [1.82, 2.24) is 25.1 Å². The number of hydrogen-bond acceptors (Lipinski definition) is 9. The third-order valence-corrected chi connectivity index (χ3v) is 9.11. The van der Waals surface area contributed by atoms with Gasteiger partial charge in [-0.1, -0.05) is 6.07 Å². The zero-order valence-electron chi connectivity index (χ0n) is 23.2. The van der Waals surface area contributed by atoms with E-state index in [9.17, 15) is 14.4 Å². The number of likely N-dealkylation sites (tertiary alicyclic amines) is 1. The van der Waals surface area contributed by atoms with Crippen LogP contribution in [0.2, 0.25) is 0 Å². The molecule has 5 saturated heterocycles. The molecule has 216 valence electrons. The number of fused-ring (bicyclic) bond motifs is 4. The van der Waals surface area contributed by atoms with E-state index in [0.29, 0.717) is 30.7 Å². The normalized spacial score (nSPS) is 27.3. The third kappa shape index (κ3) is 4.66. The summed E-state index contributed by atoms with van der Waals surface area (Å²) >= 11 is 0. The van der Waals surface area contributed by atoms with Gasteiger partial charge >= 0.3 is 0 Å². The molecule has 11 nitrogen and oxygen atoms in total. The van der Waals surface area contributed by atoms with Gasteiger partial charge in [0.2, 0.25) is 17.8 Å². The number of imide groups is 1. The maximum absolute atomic E-state index is 13.0. The van der Waals surface area contributed by atoms with Gasteiger partial charge in [-0.15, -0.1) is 0 Å². The maximum Gasteiger partial charge on any atom is 0.255 e. The van der Waals surface area contributed by atoms with Crippen LogP contribution in [0.15, 0.2) is 42.6 Å². The van der Waals surface area contributed by atoms with Gasteiger partial charge in [0.05, 0.1) is 17.7 Å². The summed E-state index contributed by atoms with van der Waals surface area (Å²) in [5, 5.41) is 3.39. The lowest BCUT2D eigenvalue weighted by atomic mass is 9.99. The standard InChI is InChI=1S/C31H32N6O5/c38-28-6-5-27(29(39)34-28)37-14-20-10-21(2-3-25(20)30(37)40)41-22-7-8-35(15-22)13-18-1-4-26-19(9-18)12-32-31(33-26)36-16-23-11-24(17-36)42-23/h1-4,9-10,12,22-24,27H,5-8,11,13-17H2,(H,34,38,39)/t22?,23-,24+,27?. The van der Waals surface area contributed by atoms with E-state index in [-0.39, 0.29) is 24.3 Å². The molecule has 2 unspecified atom stereocenters. The Bertz CT molecular complexity index is 1600. The number of nitrogens with zero attached hydrogens (tertiary/aromatic N) is 5. The Hall–Kier alpha value is -4.09. The van der Waals surface area contributed by atoms with Gasteiger partial charge in [-0.3, -0.25) is 24.6 Å². The van der Waals surface area contributed by atoms with Crippen LogP contribution in [-0.4, -0.2) is 88.0 Å². The van der Waals surface area contributed by atoms with E-state index in [0.717, 1.165) is 73.7 Å². The second-order valence-electron chi connectivity index (χ2n) is 12.1. The molecular formula is C31H32N6O5. The van der Waals surface area contributed by atoms with Gasteiger partial charge in [-0.2, -0.15) is 0 Å². The highest BCUT2D eigenvalue weighted by molar-refractivity contribution is 6.05. The molecule has 0 aliphatic carbocycles. The predicted molar refractivity (Wildman–Crippen MR) is 152 cm³/mol. The van der Waals surface area contributed by atoms with E-state index in [1.165, 1.54) is 5.56 Å². The van der Waals surface area contributed by atoms with Crippen LogP contribution >= 0.6 is 0 Å². The van der Waals surface area contributed by atoms with Gasteiger partial charge in [0.15, 0.2) is 0 Å². The van der Waals surface area contributed by atoms with E-state index in [4.69, 9.17) is 14.5 Å². The van der Waals surface area contributed by atoms with E-state index in [2.05, 4.69) is 38.3 Å². The topological polar surface area (TPSA) is 117 Å². The first-order chi connectivity index (χ1) is 20.4. The summed E-state index contributed by atoms with van der Waals surface area (Å²) in [5.74, 6) is 0.656. The number of amides is 3. The highest BCUT2D eigenvalue weighted by Crippen LogP contribution is 2.32. The molecule has 6 aliphatic rings. The quantitative estimate of drug-likeness (QED) is 0.446. The molecule has 42 heavy (non-hydrogen) atoms. The third-order valence-electron chi connectivity index (χ3n) is 9.11. The number of rotatable bonds is 6. The van der Waals surface area contributed by atoms with E-state index >= 15 is 0 Å². The molecule has 0 spiro atoms. The fourth-order valence-corrected chi connectivity index (χ4v) is 6.95. The highest BCUT2D eigenvalue weighted by Gasteiger charge is 2.40. The van der Waals surface area contributed by atoms with Gasteiger partial charge in [0.1, 0.15) is 17.9 Å². The molecule has 0 radical (unpaired) electrons. The zero-order valence-corrected chi connectivity index (χ0v) is 23.2. The van der Waals surface area contributed by atoms with E-state index in [1.807, 2.05) is 18.3 Å². The van der Waals surface area contributed by atoms with Crippen molar-refractivity contribution >= 4 is 34.6 Å². The number of hydrogen-bond donors (Lipinski definition) is 1. The van der Waals surface area contributed by atoms with Crippen LogP contribution in [-0.2, 0) is 27.4 Å². The average molecular weight is 569 g/mol. The Kier molecular flexibility index (Phi) is 6.11. The molecule has 0 saturated carbocycles. The molecule has 1 aromatic heterocycles. The van der Waals surface area contributed by atoms with Crippen molar-refractivity contribution in [3.63, 3.8) is 0 Å². The van der Waals surface area contributed by atoms with Crippen LogP contribution in [0.1, 0.15) is 47.2 Å². The lowest BCUT2D eigenvalue weighted by Crippen LogP contribution is -2.57. The second-order valence-corrected chi connectivity index (χ2v) is 12.1. The van der Waals surface area contributed by atoms with Crippen LogP contribution in [0, 0.1) is 0 Å². The summed E-state index contributed by atoms with van der Waals surface area (Å²) in [6.07, 6.45) is 5.28. The largest absolute Gasteiger partial charge is 0.489 e. The van der Waals surface area contributed by atoms with Crippen LogP contribution in [0.5, 0.6) is 5.75 Å². The van der Waals surface area contributed by atoms with Crippen molar-refractivity contribution in [2.75, 3.05) is 31.1 Å². The number of carbonyl (C=O) groups is 3. The summed E-state index contributed by atoms with van der Waals surface area (Å²) in [7, 11) is 0. The number of piperidine rings is 2. The van der Waals surface area contributed by atoms with Crippen molar-refractivity contribution in [2.24, 2.45) is 0 Å². The molecule has 11 heteroatoms. The molecule has 1 N–H and O–H groups in total. The minimum atomic E-state index is -0.616. The van der Waals surface area contributed by atoms with Crippen molar-refractivity contribution in [3.05, 3.63) is 59.3 Å². The Morgan fingerprint density at radius 3 is 2.71 bits per heavy atom. The minimum Gasteiger partial charge on any atom is -0.489 e. The number of nitrogens with one attached hydrogen (secondary N) is 1. The van der Waals surface area contributed by atoms with Gasteiger partial charge < -0.3 is 19.3 Å². The summed E-state index contributed by atoms with van der Waals surface area (Å²) in [6, 6.07) is 11.3. The molecule has 5 fully saturated rings. The first kappa shape index (κ1) is 25.6. The van der Waals surface area contributed by atoms with Gasteiger partial charge in [0, 0.05) is 69.3 Å². The molecule has 2 bridgehead atoms. The van der Waals surface area contributed by atoms with Gasteiger partial charge in [-0.25, -0.2) is 9.97 Å². The maximum atomic E-state index is 13.0. The Balaban J connectivity index is 0.881. The Morgan fingerprint density at radius 2 is 1.88 bits per heavy atom. The summed E-state index contributed by atoms with van der Waals surface area (Å²) in [6.45, 7) is 4.64. The summed E-state index contributed by atoms with van der Waals surface area (Å²) < 4.78 is 12.1. The second kappa shape index (κ2) is 10.0. The molecule has 3 amide bonds. The number of aromatic nitrogens is 2. The average Bonchev–Trinajstić information content (AvgIpc) is 3.55. The Morgan fingerprint density at radius 1 is 1.02 bits per heavy atom. The number of morpholine rings is 1. The molecule has 2 aromatic carbocycles. The van der Waals surface area contributed by atoms with Crippen LogP contribution in [0.3, 0.4) is 0 Å². The summed E-state index contributed by atoms with van der Waals surface area (Å²) in [5.41, 5.74) is 3.62. The highest BCUT2D eigenvalue weighted by atomic mass is 16.5. The van der Waals surface area contributed by atoms with Crippen LogP contribution < -0.4 is 15.0 Å². The van der Waals surface area contributed by atoms with Crippen LogP contribution in [0.25, 0.3) is 10.9 Å². The molecule has 4 atom stereocenters. The van der Waals surface area contributed by atoms with E-state index in [1.54, 1.807) is 11.0 Å². The smallest absolute Gasteiger partial charge is 0.255 e. The number of benzene rings is 2.